The van der Waals surface area contributed by atoms with Gasteiger partial charge >= 0.3 is 0 Å². The minimum atomic E-state index is 0.136. The van der Waals surface area contributed by atoms with Crippen LogP contribution in [-0.2, 0) is 24.1 Å². The number of carbonyl (C=O) groups excluding carboxylic acids is 1. The summed E-state index contributed by atoms with van der Waals surface area (Å²) in [6.45, 7) is 0.789. The first-order valence-corrected chi connectivity index (χ1v) is 12.1. The van der Waals surface area contributed by atoms with Crippen LogP contribution in [0.15, 0.2) is 17.5 Å². The largest absolute Gasteiger partial charge is 0.362 e. The Balaban J connectivity index is 1.26. The van der Waals surface area contributed by atoms with Gasteiger partial charge in [-0.1, -0.05) is 6.07 Å². The van der Waals surface area contributed by atoms with Crippen LogP contribution in [0.2, 0.25) is 0 Å². The molecule has 0 spiro atoms. The van der Waals surface area contributed by atoms with Crippen LogP contribution in [0.25, 0.3) is 0 Å². The molecule has 2 heterocycles. The molecule has 7 heteroatoms. The third kappa shape index (κ3) is 5.31. The number of nitrogens with one attached hydrogen (secondary N) is 2. The lowest BCUT2D eigenvalue weighted by atomic mass is 9.86. The zero-order chi connectivity index (χ0) is 20.9. The number of aromatic nitrogens is 2. The second-order valence-electron chi connectivity index (χ2n) is 8.82. The van der Waals surface area contributed by atoms with Gasteiger partial charge in [0.1, 0.15) is 5.82 Å². The maximum absolute atomic E-state index is 12.1. The fourth-order valence-electron chi connectivity index (χ4n) is 4.59. The van der Waals surface area contributed by atoms with Crippen molar-refractivity contribution < 1.29 is 4.79 Å². The molecule has 2 aromatic rings. The van der Waals surface area contributed by atoms with Gasteiger partial charge in [-0.3, -0.25) is 4.79 Å². The molecule has 162 valence electrons. The number of anilines is 2. The lowest BCUT2D eigenvalue weighted by molar-refractivity contribution is -0.120. The Kier molecular flexibility index (Phi) is 6.87. The van der Waals surface area contributed by atoms with Crippen LogP contribution < -0.4 is 15.5 Å². The number of amides is 1. The number of thiophene rings is 1. The van der Waals surface area contributed by atoms with E-state index in [9.17, 15) is 4.79 Å². The van der Waals surface area contributed by atoms with Gasteiger partial charge in [0.05, 0.1) is 12.1 Å². The van der Waals surface area contributed by atoms with Crippen LogP contribution in [-0.4, -0.2) is 42.6 Å². The van der Waals surface area contributed by atoms with E-state index in [1.807, 2.05) is 17.5 Å². The summed E-state index contributed by atoms with van der Waals surface area (Å²) in [5.74, 6) is 2.56. The van der Waals surface area contributed by atoms with Crippen LogP contribution in [0.5, 0.6) is 0 Å². The van der Waals surface area contributed by atoms with Gasteiger partial charge in [-0.2, -0.15) is 4.98 Å². The van der Waals surface area contributed by atoms with Crippen LogP contribution in [0.4, 0.5) is 11.8 Å². The van der Waals surface area contributed by atoms with E-state index in [1.54, 1.807) is 11.3 Å². The summed E-state index contributed by atoms with van der Waals surface area (Å²) >= 11 is 1.64. The first-order valence-electron chi connectivity index (χ1n) is 11.2. The number of fused-ring (bicyclic) bond motifs is 1. The third-order valence-corrected chi connectivity index (χ3v) is 7.14. The maximum Gasteiger partial charge on any atom is 0.225 e. The molecule has 4 rings (SSSR count). The normalized spacial score (nSPS) is 21.0. The van der Waals surface area contributed by atoms with Gasteiger partial charge in [0, 0.05) is 37.1 Å². The zero-order valence-electron chi connectivity index (χ0n) is 18.1. The van der Waals surface area contributed by atoms with Gasteiger partial charge in [0.2, 0.25) is 11.9 Å². The van der Waals surface area contributed by atoms with Crippen molar-refractivity contribution >= 4 is 29.0 Å². The number of nitrogens with zero attached hydrogens (tertiary/aromatic N) is 3. The lowest BCUT2D eigenvalue weighted by Gasteiger charge is -2.30. The molecular formula is C23H33N5OS. The predicted octanol–water partition coefficient (Wildman–Crippen LogP) is 3.81. The number of carbonyl (C=O) groups is 1. The van der Waals surface area contributed by atoms with Gasteiger partial charge in [-0.05, 0) is 68.7 Å². The van der Waals surface area contributed by atoms with Crippen molar-refractivity contribution in [2.75, 3.05) is 30.9 Å². The van der Waals surface area contributed by atoms with Gasteiger partial charge in [0.25, 0.3) is 0 Å². The van der Waals surface area contributed by atoms with Crippen LogP contribution in [0.3, 0.4) is 0 Å². The molecule has 1 amide bonds. The molecule has 6 nitrogen and oxygen atoms in total. The highest BCUT2D eigenvalue weighted by atomic mass is 32.1. The summed E-state index contributed by atoms with van der Waals surface area (Å²) in [5, 5.41) is 8.75. The van der Waals surface area contributed by atoms with Crippen molar-refractivity contribution in [3.05, 3.63) is 33.6 Å². The van der Waals surface area contributed by atoms with Crippen molar-refractivity contribution in [1.82, 2.24) is 15.3 Å². The standard InChI is InChI=1S/C23H33N5OS/c1-28(2)22-19-7-3-4-8-20(19)26-23(27-22)25-17-11-9-16(10-12-17)15-24-21(29)14-18-6-5-13-30-18/h5-6,13,16-17H,3-4,7-12,14-15H2,1-2H3,(H,24,29)(H,25,26,27)/t16-,17+. The topological polar surface area (TPSA) is 70.2 Å². The quantitative estimate of drug-likeness (QED) is 0.703. The number of rotatable bonds is 7. The Morgan fingerprint density at radius 2 is 1.97 bits per heavy atom. The Labute approximate surface area is 183 Å². The highest BCUT2D eigenvalue weighted by Crippen LogP contribution is 2.30. The molecule has 0 atom stereocenters. The van der Waals surface area contributed by atoms with E-state index in [4.69, 9.17) is 9.97 Å². The molecule has 30 heavy (non-hydrogen) atoms. The Morgan fingerprint density at radius 1 is 1.17 bits per heavy atom. The summed E-state index contributed by atoms with van der Waals surface area (Å²) in [5.41, 5.74) is 2.56. The molecule has 0 unspecified atom stereocenters. The average Bonchev–Trinajstić information content (AvgIpc) is 3.25. The highest BCUT2D eigenvalue weighted by molar-refractivity contribution is 7.10. The van der Waals surface area contributed by atoms with Crippen LogP contribution >= 0.6 is 11.3 Å². The number of hydrogen-bond acceptors (Lipinski definition) is 6. The van der Waals surface area contributed by atoms with Crippen molar-refractivity contribution in [2.45, 2.75) is 63.8 Å². The minimum absolute atomic E-state index is 0.136. The fraction of sp³-hybridized carbons (Fsp3) is 0.609. The Morgan fingerprint density at radius 3 is 2.70 bits per heavy atom. The molecule has 1 fully saturated rings. The first kappa shape index (κ1) is 21.1. The molecule has 0 bridgehead atoms. The molecule has 0 saturated heterocycles. The second kappa shape index (κ2) is 9.77. The minimum Gasteiger partial charge on any atom is -0.362 e. The van der Waals surface area contributed by atoms with E-state index in [1.165, 1.54) is 24.1 Å². The van der Waals surface area contributed by atoms with E-state index in [0.717, 1.165) is 61.7 Å². The molecule has 2 aliphatic carbocycles. The molecular weight excluding hydrogens is 394 g/mol. The van der Waals surface area contributed by atoms with Crippen molar-refractivity contribution in [1.29, 1.82) is 0 Å². The van der Waals surface area contributed by atoms with Crippen molar-refractivity contribution in [3.63, 3.8) is 0 Å². The SMILES string of the molecule is CN(C)c1nc(N[C@H]2CC[C@@H](CNC(=O)Cc3cccs3)CC2)nc2c1CCCC2. The molecule has 2 aromatic heterocycles. The third-order valence-electron chi connectivity index (χ3n) is 6.27. The summed E-state index contributed by atoms with van der Waals surface area (Å²) in [7, 11) is 4.14. The van der Waals surface area contributed by atoms with E-state index in [2.05, 4.69) is 29.6 Å². The van der Waals surface area contributed by atoms with E-state index in [-0.39, 0.29) is 5.91 Å². The zero-order valence-corrected chi connectivity index (χ0v) is 18.9. The molecule has 1 saturated carbocycles. The van der Waals surface area contributed by atoms with Crippen molar-refractivity contribution in [2.24, 2.45) is 5.92 Å². The fourth-order valence-corrected chi connectivity index (χ4v) is 5.30. The van der Waals surface area contributed by atoms with Crippen molar-refractivity contribution in [3.8, 4) is 0 Å². The van der Waals surface area contributed by atoms with Gasteiger partial charge in [-0.25, -0.2) is 4.98 Å². The summed E-state index contributed by atoms with van der Waals surface area (Å²) in [6, 6.07) is 4.43. The molecule has 0 aliphatic heterocycles. The predicted molar refractivity (Wildman–Crippen MR) is 123 cm³/mol. The van der Waals surface area contributed by atoms with Gasteiger partial charge < -0.3 is 15.5 Å². The van der Waals surface area contributed by atoms with Gasteiger partial charge in [-0.15, -0.1) is 11.3 Å². The lowest BCUT2D eigenvalue weighted by Crippen LogP contribution is -2.35. The first-order chi connectivity index (χ1) is 14.6. The van der Waals surface area contributed by atoms with Gasteiger partial charge in [0.15, 0.2) is 0 Å². The maximum atomic E-state index is 12.1. The number of hydrogen-bond donors (Lipinski definition) is 2. The van der Waals surface area contributed by atoms with Crippen LogP contribution in [0.1, 0.15) is 54.7 Å². The summed E-state index contributed by atoms with van der Waals surface area (Å²) < 4.78 is 0. The number of aryl methyl sites for hydroxylation is 1. The molecule has 0 aromatic carbocycles. The van der Waals surface area contributed by atoms with E-state index >= 15 is 0 Å². The molecule has 2 N–H and O–H groups in total. The molecule has 2 aliphatic rings. The Bertz CT molecular complexity index is 844. The van der Waals surface area contributed by atoms with E-state index < -0.39 is 0 Å². The summed E-state index contributed by atoms with van der Waals surface area (Å²) in [4.78, 5) is 25.1. The Hall–Kier alpha value is -2.15. The smallest absolute Gasteiger partial charge is 0.225 e. The molecule has 0 radical (unpaired) electrons. The monoisotopic (exact) mass is 427 g/mol. The average molecular weight is 428 g/mol. The second-order valence-corrected chi connectivity index (χ2v) is 9.85. The van der Waals surface area contributed by atoms with E-state index in [0.29, 0.717) is 18.4 Å². The summed E-state index contributed by atoms with van der Waals surface area (Å²) in [6.07, 6.45) is 9.56. The van der Waals surface area contributed by atoms with Crippen LogP contribution in [0, 0.1) is 5.92 Å². The highest BCUT2D eigenvalue weighted by Gasteiger charge is 2.24.